The van der Waals surface area contributed by atoms with E-state index in [0.717, 1.165) is 0 Å². The topological polar surface area (TPSA) is 0 Å². The minimum atomic E-state index is -0.409. The van der Waals surface area contributed by atoms with Gasteiger partial charge in [0.15, 0.2) is 0 Å². The third-order valence-electron chi connectivity index (χ3n) is 6.98. The zero-order valence-electron chi connectivity index (χ0n) is 27.6. The Morgan fingerprint density at radius 2 is 0.588 bits per heavy atom. The molecule has 8 aromatic carbocycles. The SMILES string of the molecule is [Cl][Pd][Cl].[Fe+2].[Fe+2].c1cc[cH-]c1.c1cc[cH-]c1.c1ccc(P(c2ccccc2)c2ccc[cH-]2)cc1.c1ccc(P(c2ccccc2)c2ccc[cH-]2)cc1. The summed E-state index contributed by atoms with van der Waals surface area (Å²) in [6, 6.07) is 80.5. The summed E-state index contributed by atoms with van der Waals surface area (Å²) in [5, 5.41) is 8.47. The summed E-state index contributed by atoms with van der Waals surface area (Å²) in [7, 11) is 8.81. The Labute approximate surface area is 344 Å². The first-order chi connectivity index (χ1) is 24.3. The van der Waals surface area contributed by atoms with Gasteiger partial charge in [-0.05, 0) is 37.1 Å². The molecule has 0 N–H and O–H groups in total. The van der Waals surface area contributed by atoms with E-state index < -0.39 is 15.8 Å². The Bertz CT molecular complexity index is 1580. The van der Waals surface area contributed by atoms with Crippen LogP contribution in [0.1, 0.15) is 0 Å². The summed E-state index contributed by atoms with van der Waals surface area (Å²) >= 11 is -0.106. The van der Waals surface area contributed by atoms with Crippen LogP contribution in [-0.4, -0.2) is 0 Å². The first-order valence-electron chi connectivity index (χ1n) is 15.7. The minimum Gasteiger partial charge on any atom is -0.214 e. The third kappa shape index (κ3) is 16.3. The largest absolute Gasteiger partial charge is 2.00 e. The van der Waals surface area contributed by atoms with E-state index >= 15 is 0 Å². The summed E-state index contributed by atoms with van der Waals surface area (Å²) in [5.41, 5.74) is 0. The van der Waals surface area contributed by atoms with Gasteiger partial charge in [0.2, 0.25) is 0 Å². The second-order valence-corrected chi connectivity index (χ2v) is 17.1. The van der Waals surface area contributed by atoms with Crippen LogP contribution in [0.3, 0.4) is 0 Å². The molecule has 0 spiro atoms. The number of hydrogen-bond acceptors (Lipinski definition) is 0. The maximum absolute atomic E-state index is 4.81. The van der Waals surface area contributed by atoms with E-state index in [1.165, 1.54) is 31.8 Å². The normalized spacial score (nSPS) is 9.57. The van der Waals surface area contributed by atoms with E-state index in [0.29, 0.717) is 0 Å². The zero-order valence-corrected chi connectivity index (χ0v) is 34.7. The van der Waals surface area contributed by atoms with Crippen molar-refractivity contribution in [1.82, 2.24) is 0 Å². The second kappa shape index (κ2) is 28.0. The molecular formula is C44H38Cl2Fe2P2Pd. The van der Waals surface area contributed by atoms with Crippen molar-refractivity contribution in [3.8, 4) is 0 Å². The molecule has 0 fully saturated rings. The monoisotopic (exact) mass is 916 g/mol. The van der Waals surface area contributed by atoms with Gasteiger partial charge < -0.3 is 0 Å². The number of rotatable bonds is 6. The molecule has 0 radical (unpaired) electrons. The Balaban J connectivity index is 0.000000255. The van der Waals surface area contributed by atoms with Gasteiger partial charge in [-0.25, -0.2) is 48.5 Å². The number of hydrogen-bond donors (Lipinski definition) is 0. The molecule has 0 aliphatic carbocycles. The average Bonchev–Trinajstić information content (AvgIpc) is 4.02. The molecule has 264 valence electrons. The molecule has 0 amide bonds. The Morgan fingerprint density at radius 1 is 0.333 bits per heavy atom. The van der Waals surface area contributed by atoms with Crippen molar-refractivity contribution in [1.29, 1.82) is 0 Å². The average molecular weight is 918 g/mol. The zero-order chi connectivity index (χ0) is 34.2. The van der Waals surface area contributed by atoms with Crippen molar-refractivity contribution in [2.24, 2.45) is 0 Å². The molecule has 0 aromatic heterocycles. The standard InChI is InChI=1S/2C17H14P.2C5H5.2ClH.2Fe.Pd/c2*1-3-9-15(10-4-1)18(17-13-7-8-14-17)16-11-5-2-6-12-16;2*1-2-4-5-3-1;;;;;/h2*1-14H;2*1-5H;2*1H;;;/q4*-1;;;3*+2/p-2. The quantitative estimate of drug-likeness (QED) is 0.0886. The van der Waals surface area contributed by atoms with Crippen LogP contribution in [0.25, 0.3) is 0 Å². The van der Waals surface area contributed by atoms with Crippen LogP contribution in [0.4, 0.5) is 0 Å². The molecule has 0 aliphatic heterocycles. The molecule has 0 unspecified atom stereocenters. The molecule has 0 aliphatic rings. The molecule has 51 heavy (non-hydrogen) atoms. The van der Waals surface area contributed by atoms with Crippen molar-refractivity contribution < 1.29 is 50.1 Å². The maximum Gasteiger partial charge on any atom is 2.00 e. The van der Waals surface area contributed by atoms with Crippen LogP contribution in [0, 0.1) is 0 Å². The Hall–Kier alpha value is -2.58. The fourth-order valence-electron chi connectivity index (χ4n) is 4.87. The predicted molar refractivity (Wildman–Crippen MR) is 217 cm³/mol. The van der Waals surface area contributed by atoms with Gasteiger partial charge in [0.1, 0.15) is 0 Å². The van der Waals surface area contributed by atoms with Gasteiger partial charge in [0, 0.05) is 0 Å². The second-order valence-electron chi connectivity index (χ2n) is 10.3. The van der Waals surface area contributed by atoms with Crippen LogP contribution in [0.2, 0.25) is 0 Å². The molecular weight excluding hydrogens is 879 g/mol. The van der Waals surface area contributed by atoms with E-state index in [4.69, 9.17) is 19.1 Å². The van der Waals surface area contributed by atoms with Crippen molar-refractivity contribution in [3.05, 3.63) is 231 Å². The van der Waals surface area contributed by atoms with Gasteiger partial charge in [-0.2, -0.15) is 60.7 Å². The molecule has 0 saturated carbocycles. The van der Waals surface area contributed by atoms with E-state index in [1.807, 2.05) is 60.7 Å². The Morgan fingerprint density at radius 3 is 0.765 bits per heavy atom. The van der Waals surface area contributed by atoms with Gasteiger partial charge in [0.05, 0.1) is 0 Å². The van der Waals surface area contributed by atoms with Crippen molar-refractivity contribution in [2.45, 2.75) is 0 Å². The minimum absolute atomic E-state index is 0. The van der Waals surface area contributed by atoms with Gasteiger partial charge in [-0.15, -0.1) is 10.6 Å². The van der Waals surface area contributed by atoms with Gasteiger partial charge in [-0.1, -0.05) is 121 Å². The molecule has 0 bridgehead atoms. The first kappa shape index (κ1) is 44.6. The van der Waals surface area contributed by atoms with Crippen molar-refractivity contribution in [2.75, 3.05) is 0 Å². The number of halogens is 2. The predicted octanol–water partition coefficient (Wildman–Crippen LogP) is 10.5. The molecule has 0 heterocycles. The summed E-state index contributed by atoms with van der Waals surface area (Å²) in [6.07, 6.45) is 0. The van der Waals surface area contributed by atoms with Gasteiger partial charge >= 0.3 is 69.1 Å². The van der Waals surface area contributed by atoms with Gasteiger partial charge in [-0.3, -0.25) is 0 Å². The van der Waals surface area contributed by atoms with E-state index in [9.17, 15) is 0 Å². The van der Waals surface area contributed by atoms with Gasteiger partial charge in [0.25, 0.3) is 0 Å². The van der Waals surface area contributed by atoms with Crippen LogP contribution in [0.5, 0.6) is 0 Å². The number of benzene rings is 4. The molecule has 8 rings (SSSR count). The maximum atomic E-state index is 4.81. The molecule has 7 heteroatoms. The van der Waals surface area contributed by atoms with Crippen molar-refractivity contribution in [3.63, 3.8) is 0 Å². The van der Waals surface area contributed by atoms with Crippen molar-refractivity contribution >= 4 is 66.7 Å². The fourth-order valence-corrected chi connectivity index (χ4v) is 9.48. The molecule has 0 nitrogen and oxygen atoms in total. The fraction of sp³-hybridized carbons (Fsp3) is 0. The summed E-state index contributed by atoms with van der Waals surface area (Å²) in [5.74, 6) is 0. The third-order valence-corrected chi connectivity index (χ3v) is 11.9. The van der Waals surface area contributed by atoms with E-state index in [2.05, 4.69) is 170 Å². The smallest absolute Gasteiger partial charge is 0.214 e. The summed E-state index contributed by atoms with van der Waals surface area (Å²) in [6.45, 7) is 0. The van der Waals surface area contributed by atoms with Crippen LogP contribution in [-0.2, 0) is 50.1 Å². The molecule has 8 aromatic rings. The molecule has 0 atom stereocenters. The molecule has 0 saturated heterocycles. The summed E-state index contributed by atoms with van der Waals surface area (Å²) < 4.78 is 0. The Kier molecular flexibility index (Phi) is 24.5. The van der Waals surface area contributed by atoms with Crippen LogP contribution < -0.4 is 31.8 Å². The van der Waals surface area contributed by atoms with Crippen LogP contribution in [0.15, 0.2) is 231 Å². The summed E-state index contributed by atoms with van der Waals surface area (Å²) in [4.78, 5) is 0. The van der Waals surface area contributed by atoms with E-state index in [1.54, 1.807) is 0 Å². The van der Waals surface area contributed by atoms with E-state index in [-0.39, 0.29) is 50.1 Å². The van der Waals surface area contributed by atoms with Crippen LogP contribution >= 0.6 is 34.9 Å². The first-order valence-corrected chi connectivity index (χ1v) is 22.4.